The third kappa shape index (κ3) is 6.68. The first-order chi connectivity index (χ1) is 11.3. The zero-order valence-electron chi connectivity index (χ0n) is 12.9. The highest BCUT2D eigenvalue weighted by atomic mass is 35.5. The smallest absolute Gasteiger partial charge is 0.414 e. The summed E-state index contributed by atoms with van der Waals surface area (Å²) in [5.74, 6) is -3.38. The van der Waals surface area contributed by atoms with Crippen LogP contribution in [0.2, 0.25) is 5.02 Å². The van der Waals surface area contributed by atoms with Crippen LogP contribution in [0, 0.1) is 0 Å². The predicted octanol–water partition coefficient (Wildman–Crippen LogP) is 3.05. The zero-order valence-corrected chi connectivity index (χ0v) is 13.7. The summed E-state index contributed by atoms with van der Waals surface area (Å²) >= 11 is 5.91. The predicted molar refractivity (Wildman–Crippen MR) is 90.1 cm³/mol. The third-order valence-corrected chi connectivity index (χ3v) is 3.36. The van der Waals surface area contributed by atoms with Gasteiger partial charge in [0.25, 0.3) is 0 Å². The van der Waals surface area contributed by atoms with Crippen LogP contribution >= 0.6 is 11.6 Å². The van der Waals surface area contributed by atoms with Crippen molar-refractivity contribution < 1.29 is 24.9 Å². The third-order valence-electron chi connectivity index (χ3n) is 3.12. The molecule has 0 saturated heterocycles. The normalized spacial score (nSPS) is 11.1. The Bertz CT molecular complexity index is 679. The van der Waals surface area contributed by atoms with E-state index in [0.717, 1.165) is 5.56 Å². The monoisotopic (exact) mass is 351 g/mol. The van der Waals surface area contributed by atoms with Gasteiger partial charge in [0.15, 0.2) is 0 Å². The lowest BCUT2D eigenvalue weighted by molar-refractivity contribution is -0.159. The Morgan fingerprint density at radius 1 is 1.08 bits per heavy atom. The highest BCUT2D eigenvalue weighted by molar-refractivity contribution is 6.30. The van der Waals surface area contributed by atoms with Gasteiger partial charge in [0.2, 0.25) is 0 Å². The van der Waals surface area contributed by atoms with Crippen molar-refractivity contribution in [2.24, 2.45) is 0 Å². The first-order valence-electron chi connectivity index (χ1n) is 7.03. The van der Waals surface area contributed by atoms with Crippen LogP contribution in [0.5, 0.6) is 5.75 Å². The van der Waals surface area contributed by atoms with Crippen molar-refractivity contribution in [3.8, 4) is 5.75 Å². The Kier molecular flexibility index (Phi) is 7.74. The largest absolute Gasteiger partial charge is 0.508 e. The molecule has 0 aliphatic carbocycles. The number of carboxylic acids is 2. The van der Waals surface area contributed by atoms with Gasteiger partial charge in [-0.15, -0.1) is 0 Å². The second-order valence-electron chi connectivity index (χ2n) is 4.90. The lowest BCUT2D eigenvalue weighted by Gasteiger charge is -2.15. The molecule has 2 aromatic rings. The van der Waals surface area contributed by atoms with Crippen LogP contribution in [0.25, 0.3) is 0 Å². The fourth-order valence-corrected chi connectivity index (χ4v) is 2.01. The van der Waals surface area contributed by atoms with E-state index >= 15 is 0 Å². The van der Waals surface area contributed by atoms with Gasteiger partial charge in [0.05, 0.1) is 0 Å². The van der Waals surface area contributed by atoms with E-state index in [1.165, 1.54) is 5.56 Å². The standard InChI is InChI=1S/C15H16ClNO.C2H2O4/c1-11(12-5-3-2-4-6-12)17-10-13-9-14(16)7-8-15(13)18;3-1(4)2(5)6/h2-9,11,17-18H,10H2,1H3;(H,3,4)(H,5,6). The fraction of sp³-hybridized carbons (Fsp3) is 0.176. The molecule has 0 aliphatic heterocycles. The summed E-state index contributed by atoms with van der Waals surface area (Å²) in [6, 6.07) is 15.5. The fourth-order valence-electron chi connectivity index (χ4n) is 1.82. The summed E-state index contributed by atoms with van der Waals surface area (Å²) in [6.45, 7) is 2.68. The average Bonchev–Trinajstić information content (AvgIpc) is 2.56. The molecule has 0 fully saturated rings. The molecule has 1 unspecified atom stereocenters. The number of halogens is 1. The number of aliphatic carboxylic acids is 2. The highest BCUT2D eigenvalue weighted by Crippen LogP contribution is 2.22. The molecule has 0 heterocycles. The van der Waals surface area contributed by atoms with Crippen LogP contribution in [0.3, 0.4) is 0 Å². The number of carboxylic acid groups (broad SMARTS) is 2. The van der Waals surface area contributed by atoms with Gasteiger partial charge in [-0.05, 0) is 30.7 Å². The van der Waals surface area contributed by atoms with Gasteiger partial charge in [-0.25, -0.2) is 9.59 Å². The van der Waals surface area contributed by atoms with Crippen molar-refractivity contribution in [3.05, 3.63) is 64.7 Å². The Hall–Kier alpha value is -2.57. The Balaban J connectivity index is 0.000000413. The summed E-state index contributed by atoms with van der Waals surface area (Å²) in [4.78, 5) is 18.2. The molecule has 2 aromatic carbocycles. The number of benzene rings is 2. The molecule has 0 saturated carbocycles. The van der Waals surface area contributed by atoms with Crippen LogP contribution in [0.4, 0.5) is 0 Å². The number of phenolic OH excluding ortho intramolecular Hbond substituents is 1. The van der Waals surface area contributed by atoms with E-state index in [0.29, 0.717) is 11.6 Å². The molecule has 128 valence electrons. The van der Waals surface area contributed by atoms with Crippen LogP contribution in [0.15, 0.2) is 48.5 Å². The molecule has 2 rings (SSSR count). The Morgan fingerprint density at radius 3 is 2.21 bits per heavy atom. The van der Waals surface area contributed by atoms with E-state index < -0.39 is 11.9 Å². The summed E-state index contributed by atoms with van der Waals surface area (Å²) in [7, 11) is 0. The number of phenols is 1. The number of nitrogens with one attached hydrogen (secondary N) is 1. The van der Waals surface area contributed by atoms with E-state index in [1.54, 1.807) is 18.2 Å². The molecule has 0 amide bonds. The summed E-state index contributed by atoms with van der Waals surface area (Å²) < 4.78 is 0. The molecule has 6 nitrogen and oxygen atoms in total. The maximum absolute atomic E-state index is 9.72. The molecule has 0 radical (unpaired) electrons. The highest BCUT2D eigenvalue weighted by Gasteiger charge is 2.07. The van der Waals surface area contributed by atoms with Gasteiger partial charge in [0, 0.05) is 23.2 Å². The second-order valence-corrected chi connectivity index (χ2v) is 5.33. The number of rotatable bonds is 4. The van der Waals surface area contributed by atoms with Crippen LogP contribution in [-0.4, -0.2) is 27.3 Å². The van der Waals surface area contributed by atoms with E-state index in [2.05, 4.69) is 24.4 Å². The van der Waals surface area contributed by atoms with Gasteiger partial charge >= 0.3 is 11.9 Å². The molecule has 24 heavy (non-hydrogen) atoms. The first-order valence-corrected chi connectivity index (χ1v) is 7.41. The molecule has 1 atom stereocenters. The van der Waals surface area contributed by atoms with Crippen molar-refractivity contribution in [2.75, 3.05) is 0 Å². The van der Waals surface area contributed by atoms with E-state index in [4.69, 9.17) is 31.4 Å². The van der Waals surface area contributed by atoms with Crippen LogP contribution < -0.4 is 5.32 Å². The summed E-state index contributed by atoms with van der Waals surface area (Å²) in [5.41, 5.74) is 2.03. The van der Waals surface area contributed by atoms with Gasteiger partial charge in [-0.3, -0.25) is 0 Å². The van der Waals surface area contributed by atoms with Crippen molar-refractivity contribution >= 4 is 23.5 Å². The maximum atomic E-state index is 9.72. The van der Waals surface area contributed by atoms with Crippen LogP contribution in [0.1, 0.15) is 24.1 Å². The van der Waals surface area contributed by atoms with Gasteiger partial charge in [-0.1, -0.05) is 41.9 Å². The minimum atomic E-state index is -1.82. The van der Waals surface area contributed by atoms with Crippen molar-refractivity contribution in [1.29, 1.82) is 0 Å². The zero-order chi connectivity index (χ0) is 18.1. The summed E-state index contributed by atoms with van der Waals surface area (Å²) in [6.07, 6.45) is 0. The van der Waals surface area contributed by atoms with Gasteiger partial charge < -0.3 is 20.6 Å². The lowest BCUT2D eigenvalue weighted by atomic mass is 10.1. The molecule has 4 N–H and O–H groups in total. The van der Waals surface area contributed by atoms with E-state index in [9.17, 15) is 5.11 Å². The topological polar surface area (TPSA) is 107 Å². The van der Waals surface area contributed by atoms with E-state index in [-0.39, 0.29) is 11.8 Å². The molecular weight excluding hydrogens is 334 g/mol. The molecule has 0 spiro atoms. The number of aromatic hydroxyl groups is 1. The van der Waals surface area contributed by atoms with Crippen molar-refractivity contribution in [2.45, 2.75) is 19.5 Å². The molecule has 7 heteroatoms. The number of carbonyl (C=O) groups is 2. The SMILES string of the molecule is CC(NCc1cc(Cl)ccc1O)c1ccccc1.O=C(O)C(=O)O. The average molecular weight is 352 g/mol. The molecule has 0 aromatic heterocycles. The molecular formula is C17H18ClNO5. The lowest BCUT2D eigenvalue weighted by Crippen LogP contribution is -2.18. The van der Waals surface area contributed by atoms with Gasteiger partial charge in [-0.2, -0.15) is 0 Å². The number of hydrogen-bond acceptors (Lipinski definition) is 4. The Labute approximate surface area is 144 Å². The van der Waals surface area contributed by atoms with Crippen LogP contribution in [-0.2, 0) is 16.1 Å². The second kappa shape index (κ2) is 9.54. The molecule has 0 bridgehead atoms. The Morgan fingerprint density at radius 2 is 1.67 bits per heavy atom. The summed E-state index contributed by atoms with van der Waals surface area (Å²) in [5, 5.41) is 28.5. The van der Waals surface area contributed by atoms with E-state index in [1.807, 2.05) is 18.2 Å². The van der Waals surface area contributed by atoms with Crippen molar-refractivity contribution in [3.63, 3.8) is 0 Å². The number of hydrogen-bond donors (Lipinski definition) is 4. The maximum Gasteiger partial charge on any atom is 0.414 e. The minimum absolute atomic E-state index is 0.226. The first kappa shape index (κ1) is 19.5. The minimum Gasteiger partial charge on any atom is -0.508 e. The quantitative estimate of drug-likeness (QED) is 0.631. The molecule has 0 aliphatic rings. The van der Waals surface area contributed by atoms with Crippen molar-refractivity contribution in [1.82, 2.24) is 5.32 Å². The van der Waals surface area contributed by atoms with Gasteiger partial charge in [0.1, 0.15) is 5.75 Å².